The van der Waals surface area contributed by atoms with Crippen molar-refractivity contribution in [2.75, 3.05) is 19.7 Å². The molecule has 0 radical (unpaired) electrons. The number of fused-ring (bicyclic) bond motifs is 1. The minimum atomic E-state index is -1.14. The van der Waals surface area contributed by atoms with E-state index in [9.17, 15) is 29.4 Å². The number of carbonyl (C=O) groups is 4. The number of nitrogens with zero attached hydrogens (tertiary/aromatic N) is 3. The summed E-state index contributed by atoms with van der Waals surface area (Å²) >= 11 is 0. The number of ether oxygens (including phenoxy) is 1. The number of amides is 4. The number of hydroxylamine groups is 2. The lowest BCUT2D eigenvalue weighted by Crippen LogP contribution is -2.75. The number of rotatable bonds is 16. The molecule has 0 bridgehead atoms. The number of aromatic hydroxyl groups is 2. The molecule has 2 fully saturated rings. The summed E-state index contributed by atoms with van der Waals surface area (Å²) in [5.74, 6) is -0.459. The van der Waals surface area contributed by atoms with Crippen LogP contribution < -0.4 is 5.32 Å². The van der Waals surface area contributed by atoms with E-state index in [-0.39, 0.29) is 43.4 Å². The first-order valence-corrected chi connectivity index (χ1v) is 18.7. The van der Waals surface area contributed by atoms with Gasteiger partial charge >= 0.3 is 6.09 Å². The van der Waals surface area contributed by atoms with Gasteiger partial charge in [0.2, 0.25) is 11.8 Å². The van der Waals surface area contributed by atoms with Crippen LogP contribution in [0.1, 0.15) is 69.6 Å². The Morgan fingerprint density at radius 3 is 2.13 bits per heavy atom. The largest absolute Gasteiger partial charge is 0.508 e. The second-order valence-corrected chi connectivity index (χ2v) is 14.2. The Morgan fingerprint density at radius 1 is 0.849 bits per heavy atom. The Bertz CT molecular complexity index is 1670. The van der Waals surface area contributed by atoms with Crippen LogP contribution in [0, 0.1) is 5.92 Å². The number of nitrogens with one attached hydrogen (secondary N) is 1. The zero-order chi connectivity index (χ0) is 37.9. The fourth-order valence-electron chi connectivity index (χ4n) is 6.87. The first-order chi connectivity index (χ1) is 25.5. The number of unbranched alkanes of at least 4 members (excludes halogenated alkanes) is 1. The predicted molar refractivity (Wildman–Crippen MR) is 198 cm³/mol. The first-order valence-electron chi connectivity index (χ1n) is 18.7. The summed E-state index contributed by atoms with van der Waals surface area (Å²) in [6.45, 7) is 6.57. The second kappa shape index (κ2) is 18.6. The third-order valence-electron chi connectivity index (χ3n) is 9.76. The normalized spacial score (nSPS) is 19.2. The van der Waals surface area contributed by atoms with E-state index in [1.165, 1.54) is 21.9 Å². The Labute approximate surface area is 311 Å². The van der Waals surface area contributed by atoms with E-state index in [1.54, 1.807) is 36.4 Å². The highest BCUT2D eigenvalue weighted by Crippen LogP contribution is 2.33. The molecule has 2 saturated heterocycles. The predicted octanol–water partition coefficient (Wildman–Crippen LogP) is 5.35. The maximum Gasteiger partial charge on any atom is 0.436 e. The number of phenols is 2. The van der Waals surface area contributed by atoms with Gasteiger partial charge in [0.15, 0.2) is 12.3 Å². The molecule has 2 heterocycles. The topological polar surface area (TPSA) is 149 Å². The van der Waals surface area contributed by atoms with Gasteiger partial charge in [-0.05, 0) is 66.1 Å². The monoisotopic (exact) mass is 728 g/mol. The zero-order valence-electron chi connectivity index (χ0n) is 30.9. The summed E-state index contributed by atoms with van der Waals surface area (Å²) in [6, 6.07) is 20.4. The van der Waals surface area contributed by atoms with E-state index in [1.807, 2.05) is 37.3 Å². The fraction of sp³-hybridized carbons (Fsp3) is 0.463. The minimum Gasteiger partial charge on any atom is -0.508 e. The van der Waals surface area contributed by atoms with Gasteiger partial charge in [-0.3, -0.25) is 19.2 Å². The van der Waals surface area contributed by atoms with Crippen LogP contribution >= 0.6 is 0 Å². The molecule has 4 amide bonds. The van der Waals surface area contributed by atoms with Crippen LogP contribution in [0.5, 0.6) is 11.5 Å². The maximum atomic E-state index is 14.7. The van der Waals surface area contributed by atoms with Gasteiger partial charge in [-0.2, -0.15) is 5.06 Å². The highest BCUT2D eigenvalue weighted by molar-refractivity contribution is 5.95. The van der Waals surface area contributed by atoms with Crippen molar-refractivity contribution >= 4 is 23.8 Å². The summed E-state index contributed by atoms with van der Waals surface area (Å²) in [4.78, 5) is 66.2. The summed E-state index contributed by atoms with van der Waals surface area (Å²) in [6.07, 6.45) is 1.16. The lowest BCUT2D eigenvalue weighted by molar-refractivity contribution is -0.267. The molecule has 4 atom stereocenters. The Balaban J connectivity index is 1.49. The minimum absolute atomic E-state index is 0.00895. The number of benzene rings is 3. The van der Waals surface area contributed by atoms with E-state index in [2.05, 4.69) is 19.2 Å². The van der Waals surface area contributed by atoms with Crippen molar-refractivity contribution in [3.05, 3.63) is 95.6 Å². The van der Waals surface area contributed by atoms with E-state index in [0.29, 0.717) is 37.3 Å². The first kappa shape index (κ1) is 39.1. The Kier molecular flexibility index (Phi) is 13.7. The van der Waals surface area contributed by atoms with Gasteiger partial charge in [0.05, 0.1) is 13.2 Å². The SMILES string of the molecule is CCCC[C@@H](C(=O)NCCCC(C)C)N1CC2N(C(=O)OCCc3ccc(O)cc3)O[C@H](Cc3ccccc3)C(=O)N2[C@@H](Cc2ccc(O)cc2)C1=O. The average molecular weight is 729 g/mol. The Hall–Kier alpha value is -5.10. The molecule has 0 aliphatic carbocycles. The summed E-state index contributed by atoms with van der Waals surface area (Å²) in [7, 11) is 0. The summed E-state index contributed by atoms with van der Waals surface area (Å²) in [5, 5.41) is 23.7. The van der Waals surface area contributed by atoms with Crippen molar-refractivity contribution in [1.29, 1.82) is 0 Å². The van der Waals surface area contributed by atoms with Crippen molar-refractivity contribution in [3.63, 3.8) is 0 Å². The number of phenolic OH excluding ortho intramolecular Hbond substituents is 2. The van der Waals surface area contributed by atoms with Crippen molar-refractivity contribution in [1.82, 2.24) is 20.2 Å². The van der Waals surface area contributed by atoms with E-state index >= 15 is 0 Å². The highest BCUT2D eigenvalue weighted by Gasteiger charge is 2.55. The standard InChI is InChI=1S/C41H52N4O8/c1-4-5-13-34(38(48)42-23-9-10-28(2)3)43-27-37-44(35(39(43)49)25-31-16-20-33(47)21-17-31)40(50)36(26-30-11-7-6-8-12-30)53-45(37)41(51)52-24-22-29-14-18-32(46)19-15-29/h6-8,11-12,14-21,28,34-37,46-47H,4-5,9-10,13,22-27H2,1-3H3,(H,42,48)/t34-,35-,36+,37?/m0/s1. The van der Waals surface area contributed by atoms with Gasteiger partial charge in [-0.1, -0.05) is 88.2 Å². The molecule has 2 aliphatic rings. The lowest BCUT2D eigenvalue weighted by Gasteiger charge is -2.53. The van der Waals surface area contributed by atoms with Crippen LogP contribution in [0.3, 0.4) is 0 Å². The number of carbonyl (C=O) groups excluding carboxylic acids is 4. The average Bonchev–Trinajstić information content (AvgIpc) is 3.14. The van der Waals surface area contributed by atoms with Crippen molar-refractivity contribution < 1.29 is 39.0 Å². The maximum absolute atomic E-state index is 14.7. The van der Waals surface area contributed by atoms with Gasteiger partial charge < -0.3 is 30.1 Å². The number of hydrogen-bond donors (Lipinski definition) is 3. The van der Waals surface area contributed by atoms with Crippen molar-refractivity contribution in [2.45, 2.75) is 96.5 Å². The molecule has 2 aliphatic heterocycles. The molecule has 5 rings (SSSR count). The Morgan fingerprint density at radius 2 is 1.49 bits per heavy atom. The van der Waals surface area contributed by atoms with Gasteiger partial charge in [0, 0.05) is 25.8 Å². The number of piperazine rings is 1. The highest BCUT2D eigenvalue weighted by atomic mass is 16.7. The van der Waals surface area contributed by atoms with Crippen molar-refractivity contribution in [3.8, 4) is 11.5 Å². The van der Waals surface area contributed by atoms with Gasteiger partial charge in [0.25, 0.3) is 5.91 Å². The van der Waals surface area contributed by atoms with Crippen LogP contribution in [0.4, 0.5) is 4.79 Å². The molecule has 0 spiro atoms. The fourth-order valence-corrected chi connectivity index (χ4v) is 6.87. The van der Waals surface area contributed by atoms with Gasteiger partial charge in [-0.15, -0.1) is 0 Å². The van der Waals surface area contributed by atoms with Crippen LogP contribution in [-0.4, -0.2) is 92.9 Å². The van der Waals surface area contributed by atoms with Crippen LogP contribution in [-0.2, 0) is 43.2 Å². The molecule has 12 nitrogen and oxygen atoms in total. The smallest absolute Gasteiger partial charge is 0.436 e. The molecule has 1 unspecified atom stereocenters. The van der Waals surface area contributed by atoms with E-state index in [0.717, 1.165) is 35.5 Å². The second-order valence-electron chi connectivity index (χ2n) is 14.2. The number of hydrogen-bond acceptors (Lipinski definition) is 8. The molecule has 3 aromatic rings. The van der Waals surface area contributed by atoms with Crippen LogP contribution in [0.15, 0.2) is 78.9 Å². The molecule has 53 heavy (non-hydrogen) atoms. The summed E-state index contributed by atoms with van der Waals surface area (Å²) in [5.41, 5.74) is 2.33. The third kappa shape index (κ3) is 10.3. The lowest BCUT2D eigenvalue weighted by atomic mass is 9.95. The zero-order valence-corrected chi connectivity index (χ0v) is 30.9. The molecule has 0 saturated carbocycles. The van der Waals surface area contributed by atoms with E-state index < -0.39 is 42.3 Å². The van der Waals surface area contributed by atoms with Crippen LogP contribution in [0.2, 0.25) is 0 Å². The van der Waals surface area contributed by atoms with E-state index in [4.69, 9.17) is 9.57 Å². The van der Waals surface area contributed by atoms with Gasteiger partial charge in [0.1, 0.15) is 23.6 Å². The molecule has 3 N–H and O–H groups in total. The molecule has 3 aromatic carbocycles. The summed E-state index contributed by atoms with van der Waals surface area (Å²) < 4.78 is 5.74. The molecule has 12 heteroatoms. The third-order valence-corrected chi connectivity index (χ3v) is 9.76. The molecule has 284 valence electrons. The molecule has 0 aromatic heterocycles. The molecular weight excluding hydrogens is 676 g/mol. The van der Waals surface area contributed by atoms with Crippen molar-refractivity contribution in [2.24, 2.45) is 5.92 Å². The van der Waals surface area contributed by atoms with Gasteiger partial charge in [-0.25, -0.2) is 4.79 Å². The van der Waals surface area contributed by atoms with Crippen LogP contribution in [0.25, 0.3) is 0 Å². The molecular formula is C41H52N4O8. The quantitative estimate of drug-likeness (QED) is 0.167.